The molecule has 0 spiro atoms. The maximum atomic E-state index is 12.4. The van der Waals surface area contributed by atoms with E-state index >= 15 is 0 Å². The molecule has 2 saturated heterocycles. The van der Waals surface area contributed by atoms with E-state index in [4.69, 9.17) is 0 Å². The summed E-state index contributed by atoms with van der Waals surface area (Å²) in [6.45, 7) is 5.20. The topological polar surface area (TPSA) is 58.9 Å². The second kappa shape index (κ2) is 7.70. The Kier molecular flexibility index (Phi) is 5.59. The van der Waals surface area contributed by atoms with Gasteiger partial charge in [-0.2, -0.15) is 0 Å². The fraction of sp³-hybridized carbons (Fsp3) is 0.526. The van der Waals surface area contributed by atoms with Crippen molar-refractivity contribution < 1.29 is 18.1 Å². The van der Waals surface area contributed by atoms with Gasteiger partial charge in [0.05, 0.1) is 31.9 Å². The van der Waals surface area contributed by atoms with E-state index in [0.29, 0.717) is 24.6 Å². The lowest BCUT2D eigenvalue weighted by Gasteiger charge is -2.34. The fourth-order valence-corrected chi connectivity index (χ4v) is 5.50. The van der Waals surface area contributed by atoms with E-state index in [1.807, 2.05) is 23.1 Å². The van der Waals surface area contributed by atoms with Crippen LogP contribution in [0.15, 0.2) is 30.3 Å². The van der Waals surface area contributed by atoms with Crippen LogP contribution in [0.25, 0.3) is 6.08 Å². The summed E-state index contributed by atoms with van der Waals surface area (Å²) in [5, 5.41) is 0. The number of rotatable bonds is 4. The van der Waals surface area contributed by atoms with Crippen LogP contribution in [0.3, 0.4) is 0 Å². The van der Waals surface area contributed by atoms with Crippen LogP contribution in [0, 0.1) is 0 Å². The van der Waals surface area contributed by atoms with Gasteiger partial charge in [-0.25, -0.2) is 8.42 Å². The average molecular weight is 364 g/mol. The van der Waals surface area contributed by atoms with Crippen molar-refractivity contribution in [1.29, 1.82) is 0 Å². The molecule has 2 heterocycles. The fourth-order valence-electron chi connectivity index (χ4n) is 3.68. The predicted octanol–water partition coefficient (Wildman–Crippen LogP) is 0.176. The lowest BCUT2D eigenvalue weighted by Crippen LogP contribution is -3.18. The highest BCUT2D eigenvalue weighted by molar-refractivity contribution is 7.91. The number of amides is 1. The zero-order valence-corrected chi connectivity index (χ0v) is 15.6. The smallest absolute Gasteiger partial charge is 0.246 e. The molecule has 1 amide bonds. The van der Waals surface area contributed by atoms with Crippen LogP contribution in [0.5, 0.6) is 0 Å². The van der Waals surface area contributed by atoms with Gasteiger partial charge in [-0.15, -0.1) is 0 Å². The number of sulfone groups is 1. The summed E-state index contributed by atoms with van der Waals surface area (Å²) in [7, 11) is -2.83. The molecule has 136 valence electrons. The first-order valence-corrected chi connectivity index (χ1v) is 10.9. The highest BCUT2D eigenvalue weighted by atomic mass is 32.2. The molecule has 3 rings (SSSR count). The number of quaternary nitrogens is 1. The second-order valence-corrected chi connectivity index (χ2v) is 9.24. The van der Waals surface area contributed by atoms with Crippen LogP contribution >= 0.6 is 0 Å². The van der Waals surface area contributed by atoms with Gasteiger partial charge >= 0.3 is 0 Å². The largest absolute Gasteiger partial charge is 0.329 e. The van der Waals surface area contributed by atoms with Crippen LogP contribution in [-0.4, -0.2) is 63.0 Å². The summed E-state index contributed by atoms with van der Waals surface area (Å²) < 4.78 is 23.3. The maximum Gasteiger partial charge on any atom is 0.246 e. The number of nitrogens with zero attached hydrogens (tertiary/aromatic N) is 1. The van der Waals surface area contributed by atoms with Gasteiger partial charge < -0.3 is 9.80 Å². The Hall–Kier alpha value is -1.66. The first-order valence-electron chi connectivity index (χ1n) is 9.08. The summed E-state index contributed by atoms with van der Waals surface area (Å²) in [4.78, 5) is 15.6. The summed E-state index contributed by atoms with van der Waals surface area (Å²) in [5.41, 5.74) is 2.32. The molecule has 5 nitrogen and oxygen atoms in total. The number of hydrogen-bond donors (Lipinski definition) is 1. The number of carbonyl (C=O) groups is 1. The lowest BCUT2D eigenvalue weighted by molar-refractivity contribution is -0.925. The van der Waals surface area contributed by atoms with Crippen molar-refractivity contribution in [1.82, 2.24) is 4.90 Å². The minimum Gasteiger partial charge on any atom is -0.329 e. The predicted molar refractivity (Wildman–Crippen MR) is 99.2 cm³/mol. The van der Waals surface area contributed by atoms with Crippen LogP contribution in [0.2, 0.25) is 0 Å². The normalized spacial score (nSPS) is 24.0. The van der Waals surface area contributed by atoms with Gasteiger partial charge in [0.2, 0.25) is 5.91 Å². The molecule has 6 heteroatoms. The van der Waals surface area contributed by atoms with Crippen molar-refractivity contribution in [2.75, 3.05) is 37.7 Å². The van der Waals surface area contributed by atoms with Crippen molar-refractivity contribution in [3.05, 3.63) is 41.5 Å². The Morgan fingerprint density at radius 2 is 1.92 bits per heavy atom. The Morgan fingerprint density at radius 1 is 1.24 bits per heavy atom. The Morgan fingerprint density at radius 3 is 2.48 bits per heavy atom. The third kappa shape index (κ3) is 4.70. The van der Waals surface area contributed by atoms with Crippen molar-refractivity contribution in [3.63, 3.8) is 0 Å². The Bertz CT molecular complexity index is 732. The molecule has 1 aromatic carbocycles. The van der Waals surface area contributed by atoms with Crippen molar-refractivity contribution in [2.24, 2.45) is 0 Å². The molecule has 0 unspecified atom stereocenters. The van der Waals surface area contributed by atoms with Crippen molar-refractivity contribution in [3.8, 4) is 0 Å². The molecule has 0 saturated carbocycles. The van der Waals surface area contributed by atoms with E-state index in [0.717, 1.165) is 31.5 Å². The summed E-state index contributed by atoms with van der Waals surface area (Å²) in [6.07, 6.45) is 5.29. The van der Waals surface area contributed by atoms with E-state index in [1.54, 1.807) is 6.08 Å². The van der Waals surface area contributed by atoms with Crippen LogP contribution in [-0.2, 0) is 21.1 Å². The zero-order valence-electron chi connectivity index (χ0n) is 14.8. The monoisotopic (exact) mass is 363 g/mol. The summed E-state index contributed by atoms with van der Waals surface area (Å²) >= 11 is 0. The minimum absolute atomic E-state index is 0.0395. The SMILES string of the molecule is CCc1ccc(/C=C/C(=O)N2CC[NH+]([C@H]3CCS(=O)(=O)C3)CC2)cc1. The molecule has 1 N–H and O–H groups in total. The van der Waals surface area contributed by atoms with Gasteiger partial charge in [-0.05, 0) is 23.6 Å². The zero-order chi connectivity index (χ0) is 17.9. The quantitative estimate of drug-likeness (QED) is 0.777. The van der Waals surface area contributed by atoms with E-state index in [9.17, 15) is 13.2 Å². The summed E-state index contributed by atoms with van der Waals surface area (Å²) in [5.74, 6) is 0.672. The van der Waals surface area contributed by atoms with Gasteiger partial charge in [0, 0.05) is 12.5 Å². The first-order chi connectivity index (χ1) is 12.0. The van der Waals surface area contributed by atoms with Gasteiger partial charge in [0.25, 0.3) is 0 Å². The second-order valence-electron chi connectivity index (χ2n) is 7.01. The molecule has 0 bridgehead atoms. The number of carbonyl (C=O) groups excluding carboxylic acids is 1. The van der Waals surface area contributed by atoms with Crippen LogP contribution in [0.1, 0.15) is 24.5 Å². The highest BCUT2D eigenvalue weighted by Crippen LogP contribution is 2.10. The van der Waals surface area contributed by atoms with Gasteiger partial charge in [-0.3, -0.25) is 4.79 Å². The maximum absolute atomic E-state index is 12.4. The molecule has 0 aliphatic carbocycles. The molecular formula is C19H27N2O3S+. The summed E-state index contributed by atoms with van der Waals surface area (Å²) in [6, 6.07) is 8.45. The lowest BCUT2D eigenvalue weighted by atomic mass is 10.1. The third-order valence-corrected chi connectivity index (χ3v) is 7.10. The minimum atomic E-state index is -2.83. The molecule has 1 aromatic rings. The van der Waals surface area contributed by atoms with Crippen molar-refractivity contribution in [2.45, 2.75) is 25.8 Å². The number of piperazine rings is 1. The molecular weight excluding hydrogens is 336 g/mol. The van der Waals surface area contributed by atoms with Crippen LogP contribution in [0.4, 0.5) is 0 Å². The molecule has 2 aliphatic rings. The average Bonchev–Trinajstić information content (AvgIpc) is 3.00. The molecule has 25 heavy (non-hydrogen) atoms. The Labute approximate surface area is 150 Å². The van der Waals surface area contributed by atoms with Crippen LogP contribution < -0.4 is 4.90 Å². The number of aryl methyl sites for hydroxylation is 1. The standard InChI is InChI=1S/C19H26N2O3S/c1-2-16-3-5-17(6-4-16)7-8-19(22)21-12-10-20(11-13-21)18-9-14-25(23,24)15-18/h3-8,18H,2,9-15H2,1H3/p+1/b8-7+/t18-/m0/s1. The van der Waals surface area contributed by atoms with E-state index in [-0.39, 0.29) is 11.9 Å². The molecule has 1 atom stereocenters. The van der Waals surface area contributed by atoms with E-state index in [1.165, 1.54) is 10.5 Å². The molecule has 2 aliphatic heterocycles. The molecule has 0 radical (unpaired) electrons. The van der Waals surface area contributed by atoms with Gasteiger partial charge in [0.15, 0.2) is 9.84 Å². The Balaban J connectivity index is 1.50. The van der Waals surface area contributed by atoms with E-state index in [2.05, 4.69) is 19.1 Å². The van der Waals surface area contributed by atoms with Gasteiger partial charge in [0.1, 0.15) is 11.8 Å². The number of hydrogen-bond acceptors (Lipinski definition) is 3. The molecule has 0 aromatic heterocycles. The van der Waals surface area contributed by atoms with Crippen molar-refractivity contribution >= 4 is 21.8 Å². The highest BCUT2D eigenvalue weighted by Gasteiger charge is 2.37. The first kappa shape index (κ1) is 18.1. The van der Waals surface area contributed by atoms with Gasteiger partial charge in [-0.1, -0.05) is 31.2 Å². The third-order valence-electron chi connectivity index (χ3n) is 5.33. The molecule has 2 fully saturated rings. The number of nitrogens with one attached hydrogen (secondary N) is 1. The number of benzene rings is 1. The van der Waals surface area contributed by atoms with E-state index < -0.39 is 9.84 Å².